The van der Waals surface area contributed by atoms with Crippen LogP contribution in [0.25, 0.3) is 11.1 Å². The van der Waals surface area contributed by atoms with Crippen LogP contribution in [-0.4, -0.2) is 28.9 Å². The fourth-order valence-corrected chi connectivity index (χ4v) is 3.88. The highest BCUT2D eigenvalue weighted by molar-refractivity contribution is 6.31. The smallest absolute Gasteiger partial charge is 0.226 e. The van der Waals surface area contributed by atoms with Gasteiger partial charge in [-0.15, -0.1) is 0 Å². The van der Waals surface area contributed by atoms with Crippen molar-refractivity contribution in [1.29, 1.82) is 0 Å². The van der Waals surface area contributed by atoms with Gasteiger partial charge in [0.05, 0.1) is 0 Å². The Balaban J connectivity index is 1.41. The van der Waals surface area contributed by atoms with E-state index in [2.05, 4.69) is 17.1 Å². The van der Waals surface area contributed by atoms with Crippen LogP contribution in [0, 0.1) is 5.92 Å². The van der Waals surface area contributed by atoms with Crippen LogP contribution >= 0.6 is 11.6 Å². The maximum absolute atomic E-state index is 12.6. The molecule has 126 valence electrons. The SMILES string of the molecule is O=C([C@@H]1CC=CCC1)N1CCC(c2nc3cc(Cl)ccc3o2)CC1. The second-order valence-electron chi connectivity index (χ2n) is 6.75. The maximum atomic E-state index is 12.6. The molecule has 0 bridgehead atoms. The highest BCUT2D eigenvalue weighted by Crippen LogP contribution is 2.32. The minimum absolute atomic E-state index is 0.179. The predicted molar refractivity (Wildman–Crippen MR) is 94.1 cm³/mol. The highest BCUT2D eigenvalue weighted by Gasteiger charge is 2.30. The van der Waals surface area contributed by atoms with Crippen molar-refractivity contribution >= 4 is 28.6 Å². The van der Waals surface area contributed by atoms with Gasteiger partial charge in [0.25, 0.3) is 0 Å². The monoisotopic (exact) mass is 344 g/mol. The molecule has 0 N–H and O–H groups in total. The van der Waals surface area contributed by atoms with E-state index in [4.69, 9.17) is 16.0 Å². The van der Waals surface area contributed by atoms with Gasteiger partial charge in [0.15, 0.2) is 11.5 Å². The van der Waals surface area contributed by atoms with Gasteiger partial charge in [-0.3, -0.25) is 4.79 Å². The Bertz CT molecular complexity index is 775. The summed E-state index contributed by atoms with van der Waals surface area (Å²) in [5, 5.41) is 0.671. The van der Waals surface area contributed by atoms with Crippen LogP contribution < -0.4 is 0 Å². The van der Waals surface area contributed by atoms with E-state index in [0.29, 0.717) is 10.9 Å². The number of fused-ring (bicyclic) bond motifs is 1. The third kappa shape index (κ3) is 3.07. The van der Waals surface area contributed by atoms with Gasteiger partial charge in [0.1, 0.15) is 5.52 Å². The highest BCUT2D eigenvalue weighted by atomic mass is 35.5. The van der Waals surface area contributed by atoms with Crippen LogP contribution in [0.15, 0.2) is 34.8 Å². The first-order valence-electron chi connectivity index (χ1n) is 8.70. The third-order valence-corrected chi connectivity index (χ3v) is 5.38. The molecule has 1 aromatic heterocycles. The van der Waals surface area contributed by atoms with E-state index >= 15 is 0 Å². The molecule has 4 rings (SSSR count). The molecule has 1 aliphatic carbocycles. The standard InChI is InChI=1S/C19H21ClN2O2/c20-15-6-7-17-16(12-15)21-18(24-17)13-8-10-22(11-9-13)19(23)14-4-2-1-3-5-14/h1-2,6-7,12-14H,3-5,8-11H2/t14-/m1/s1. The van der Waals surface area contributed by atoms with E-state index in [9.17, 15) is 4.79 Å². The lowest BCUT2D eigenvalue weighted by atomic mass is 9.91. The van der Waals surface area contributed by atoms with Crippen LogP contribution in [-0.2, 0) is 4.79 Å². The number of oxazole rings is 1. The molecule has 2 aromatic rings. The molecule has 2 heterocycles. The average molecular weight is 345 g/mol. The molecule has 24 heavy (non-hydrogen) atoms. The second kappa shape index (κ2) is 6.60. The number of halogens is 1. The average Bonchev–Trinajstić information content (AvgIpc) is 3.05. The first-order chi connectivity index (χ1) is 11.7. The Morgan fingerprint density at radius 2 is 2.04 bits per heavy atom. The summed E-state index contributed by atoms with van der Waals surface area (Å²) in [7, 11) is 0. The molecular weight excluding hydrogens is 324 g/mol. The van der Waals surface area contributed by atoms with Crippen LogP contribution in [0.3, 0.4) is 0 Å². The molecule has 1 fully saturated rings. The number of hydrogen-bond acceptors (Lipinski definition) is 3. The van der Waals surface area contributed by atoms with Gasteiger partial charge in [-0.2, -0.15) is 0 Å². The number of carbonyl (C=O) groups excluding carboxylic acids is 1. The molecule has 0 unspecified atom stereocenters. The zero-order chi connectivity index (χ0) is 16.5. The minimum atomic E-state index is 0.179. The minimum Gasteiger partial charge on any atom is -0.440 e. The summed E-state index contributed by atoms with van der Waals surface area (Å²) >= 11 is 6.01. The molecule has 1 aromatic carbocycles. The number of nitrogens with zero attached hydrogens (tertiary/aromatic N) is 2. The Morgan fingerprint density at radius 3 is 2.79 bits per heavy atom. The number of aromatic nitrogens is 1. The zero-order valence-corrected chi connectivity index (χ0v) is 14.3. The van der Waals surface area contributed by atoms with Gasteiger partial charge in [0, 0.05) is 29.9 Å². The van der Waals surface area contributed by atoms with Crippen molar-refractivity contribution in [3.8, 4) is 0 Å². The normalized spacial score (nSPS) is 22.2. The fraction of sp³-hybridized carbons (Fsp3) is 0.474. The molecule has 1 saturated heterocycles. The maximum Gasteiger partial charge on any atom is 0.226 e. The summed E-state index contributed by atoms with van der Waals surface area (Å²) in [6, 6.07) is 5.52. The van der Waals surface area contributed by atoms with Crippen molar-refractivity contribution in [3.63, 3.8) is 0 Å². The van der Waals surface area contributed by atoms with E-state index in [1.165, 1.54) is 0 Å². The Morgan fingerprint density at radius 1 is 1.21 bits per heavy atom. The van der Waals surface area contributed by atoms with E-state index in [1.54, 1.807) is 0 Å². The predicted octanol–water partition coefficient (Wildman–Crippen LogP) is 4.54. The Labute approximate surface area is 146 Å². The largest absolute Gasteiger partial charge is 0.440 e. The number of allylic oxidation sites excluding steroid dienone is 2. The molecular formula is C19H21ClN2O2. The molecule has 5 heteroatoms. The van der Waals surface area contributed by atoms with Gasteiger partial charge in [-0.25, -0.2) is 4.98 Å². The summed E-state index contributed by atoms with van der Waals surface area (Å²) in [6.07, 6.45) is 9.05. The summed E-state index contributed by atoms with van der Waals surface area (Å²) < 4.78 is 5.89. The number of rotatable bonds is 2. The van der Waals surface area contributed by atoms with Gasteiger partial charge in [-0.05, 0) is 50.3 Å². The van der Waals surface area contributed by atoms with Gasteiger partial charge in [-0.1, -0.05) is 23.8 Å². The molecule has 0 saturated carbocycles. The van der Waals surface area contributed by atoms with Crippen molar-refractivity contribution in [2.75, 3.05) is 13.1 Å². The second-order valence-corrected chi connectivity index (χ2v) is 7.18. The number of likely N-dealkylation sites (tertiary alicyclic amines) is 1. The van der Waals surface area contributed by atoms with Crippen LogP contribution in [0.5, 0.6) is 0 Å². The van der Waals surface area contributed by atoms with E-state index in [-0.39, 0.29) is 11.8 Å². The molecule has 1 amide bonds. The van der Waals surface area contributed by atoms with Crippen molar-refractivity contribution < 1.29 is 9.21 Å². The molecule has 0 radical (unpaired) electrons. The van der Waals surface area contributed by atoms with Gasteiger partial charge >= 0.3 is 0 Å². The fourth-order valence-electron chi connectivity index (χ4n) is 3.72. The summed E-state index contributed by atoms with van der Waals surface area (Å²) in [5.74, 6) is 1.56. The van der Waals surface area contributed by atoms with Crippen molar-refractivity contribution in [2.24, 2.45) is 5.92 Å². The van der Waals surface area contributed by atoms with E-state index < -0.39 is 0 Å². The molecule has 1 atom stereocenters. The van der Waals surface area contributed by atoms with Crippen LogP contribution in [0.1, 0.15) is 43.9 Å². The van der Waals surface area contributed by atoms with E-state index in [1.807, 2.05) is 23.1 Å². The quantitative estimate of drug-likeness (QED) is 0.751. The number of carbonyl (C=O) groups is 1. The van der Waals surface area contributed by atoms with Crippen molar-refractivity contribution in [2.45, 2.75) is 38.0 Å². The van der Waals surface area contributed by atoms with Crippen molar-refractivity contribution in [1.82, 2.24) is 9.88 Å². The lowest BCUT2D eigenvalue weighted by Gasteiger charge is -2.33. The number of benzene rings is 1. The van der Waals surface area contributed by atoms with Crippen LogP contribution in [0.4, 0.5) is 0 Å². The lowest BCUT2D eigenvalue weighted by Crippen LogP contribution is -2.41. The first kappa shape index (κ1) is 15.7. The topological polar surface area (TPSA) is 46.3 Å². The number of amides is 1. The molecule has 2 aliphatic rings. The molecule has 0 spiro atoms. The number of piperidine rings is 1. The Kier molecular flexibility index (Phi) is 4.31. The Hall–Kier alpha value is -1.81. The van der Waals surface area contributed by atoms with Gasteiger partial charge in [0.2, 0.25) is 5.91 Å². The van der Waals surface area contributed by atoms with E-state index in [0.717, 1.165) is 62.2 Å². The zero-order valence-electron chi connectivity index (χ0n) is 13.6. The third-order valence-electron chi connectivity index (χ3n) is 5.14. The summed E-state index contributed by atoms with van der Waals surface area (Å²) in [6.45, 7) is 1.59. The van der Waals surface area contributed by atoms with Gasteiger partial charge < -0.3 is 9.32 Å². The van der Waals surface area contributed by atoms with Crippen LogP contribution in [0.2, 0.25) is 5.02 Å². The number of hydrogen-bond donors (Lipinski definition) is 0. The summed E-state index contributed by atoms with van der Waals surface area (Å²) in [5.41, 5.74) is 1.59. The first-order valence-corrected chi connectivity index (χ1v) is 9.08. The van der Waals surface area contributed by atoms with Crippen molar-refractivity contribution in [3.05, 3.63) is 41.3 Å². The molecule has 4 nitrogen and oxygen atoms in total. The molecule has 1 aliphatic heterocycles. The summed E-state index contributed by atoms with van der Waals surface area (Å²) in [4.78, 5) is 19.2. The lowest BCUT2D eigenvalue weighted by molar-refractivity contribution is -0.136.